The number of hydrogen-bond acceptors (Lipinski definition) is 4. The average Bonchev–Trinajstić information content (AvgIpc) is 2.98. The first-order chi connectivity index (χ1) is 13.7. The number of allylic oxidation sites excluding steroid dienone is 1. The second-order valence-electron chi connectivity index (χ2n) is 6.55. The van der Waals surface area contributed by atoms with Crippen molar-refractivity contribution in [3.05, 3.63) is 63.3 Å². The molecule has 0 bridgehead atoms. The van der Waals surface area contributed by atoms with E-state index in [0.29, 0.717) is 27.8 Å². The second kappa shape index (κ2) is 7.85. The SMILES string of the molecule is COC(=O)C1=C(C)N(c2ccc(F)c(Cl)c2)C(=S)N[C@@H]1c1cc(C#N)n(C)c1C. The fourth-order valence-corrected chi connectivity index (χ4v) is 3.94. The van der Waals surface area contributed by atoms with Gasteiger partial charge in [-0.1, -0.05) is 11.6 Å². The summed E-state index contributed by atoms with van der Waals surface area (Å²) >= 11 is 11.5. The molecule has 0 spiro atoms. The normalized spacial score (nSPS) is 16.5. The predicted molar refractivity (Wildman–Crippen MR) is 112 cm³/mol. The first kappa shape index (κ1) is 20.8. The molecule has 1 N–H and O–H groups in total. The number of rotatable bonds is 3. The van der Waals surface area contributed by atoms with Crippen molar-refractivity contribution in [3.8, 4) is 6.07 Å². The van der Waals surface area contributed by atoms with E-state index >= 15 is 0 Å². The van der Waals surface area contributed by atoms with E-state index in [1.54, 1.807) is 29.5 Å². The number of esters is 1. The summed E-state index contributed by atoms with van der Waals surface area (Å²) in [5.74, 6) is -1.09. The fourth-order valence-electron chi connectivity index (χ4n) is 3.41. The van der Waals surface area contributed by atoms with Crippen molar-refractivity contribution in [1.29, 1.82) is 5.26 Å². The molecule has 0 aliphatic carbocycles. The number of methoxy groups -OCH3 is 1. The summed E-state index contributed by atoms with van der Waals surface area (Å²) in [6.07, 6.45) is 0. The van der Waals surface area contributed by atoms with Gasteiger partial charge in [0.25, 0.3) is 0 Å². The van der Waals surface area contributed by atoms with Crippen molar-refractivity contribution >= 4 is 40.6 Å². The van der Waals surface area contributed by atoms with Gasteiger partial charge in [-0.3, -0.25) is 4.90 Å². The molecule has 9 heteroatoms. The number of carbonyl (C=O) groups excluding carboxylic acids is 1. The lowest BCUT2D eigenvalue weighted by Gasteiger charge is -2.37. The molecule has 3 rings (SSSR count). The maximum atomic E-state index is 13.6. The highest BCUT2D eigenvalue weighted by Gasteiger charge is 2.37. The molecule has 150 valence electrons. The van der Waals surface area contributed by atoms with E-state index in [2.05, 4.69) is 11.4 Å². The summed E-state index contributed by atoms with van der Waals surface area (Å²) in [5.41, 5.74) is 3.38. The Balaban J connectivity index is 2.20. The van der Waals surface area contributed by atoms with Crippen molar-refractivity contribution in [3.63, 3.8) is 0 Å². The minimum Gasteiger partial charge on any atom is -0.466 e. The van der Waals surface area contributed by atoms with Crippen molar-refractivity contribution in [2.24, 2.45) is 7.05 Å². The lowest BCUT2D eigenvalue weighted by Crippen LogP contribution is -2.48. The van der Waals surface area contributed by atoms with E-state index in [1.165, 1.54) is 25.3 Å². The van der Waals surface area contributed by atoms with Crippen LogP contribution in [0.2, 0.25) is 5.02 Å². The standard InChI is InChI=1S/C20H18ClFN4O2S/c1-10-14(7-13(9-23)25(10)3)18-17(19(27)28-4)11(2)26(20(29)24-18)12-5-6-16(22)15(21)8-12/h5-8,18H,1-4H3,(H,24,29)/t18-/m1/s1. The molecule has 0 amide bonds. The van der Waals surface area contributed by atoms with Crippen molar-refractivity contribution in [1.82, 2.24) is 9.88 Å². The monoisotopic (exact) mass is 432 g/mol. The molecule has 2 aromatic rings. The fraction of sp³-hybridized carbons (Fsp3) is 0.250. The average molecular weight is 433 g/mol. The largest absolute Gasteiger partial charge is 0.466 e. The van der Waals surface area contributed by atoms with Gasteiger partial charge >= 0.3 is 5.97 Å². The topological polar surface area (TPSA) is 70.3 Å². The quantitative estimate of drug-likeness (QED) is 0.586. The summed E-state index contributed by atoms with van der Waals surface area (Å²) in [6, 6.07) is 7.44. The maximum absolute atomic E-state index is 13.6. The van der Waals surface area contributed by atoms with Crippen LogP contribution in [-0.4, -0.2) is 22.8 Å². The molecule has 0 fully saturated rings. The van der Waals surface area contributed by atoms with Crippen molar-refractivity contribution in [2.75, 3.05) is 12.0 Å². The summed E-state index contributed by atoms with van der Waals surface area (Å²) < 4.78 is 20.4. The number of ether oxygens (including phenoxy) is 1. The van der Waals surface area contributed by atoms with Gasteiger partial charge in [-0.15, -0.1) is 0 Å². The van der Waals surface area contributed by atoms with Crippen LogP contribution in [-0.2, 0) is 16.6 Å². The molecule has 2 heterocycles. The van der Waals surface area contributed by atoms with Gasteiger partial charge in [0, 0.05) is 29.7 Å². The Hall–Kier alpha value is -2.89. The highest BCUT2D eigenvalue weighted by atomic mass is 35.5. The Morgan fingerprint density at radius 2 is 2.07 bits per heavy atom. The maximum Gasteiger partial charge on any atom is 0.337 e. The van der Waals surface area contributed by atoms with Crippen LogP contribution < -0.4 is 10.2 Å². The minimum absolute atomic E-state index is 0.0580. The number of nitriles is 1. The molecule has 0 unspecified atom stereocenters. The van der Waals surface area contributed by atoms with Crippen molar-refractivity contribution < 1.29 is 13.9 Å². The number of halogens is 2. The summed E-state index contributed by atoms with van der Waals surface area (Å²) in [6.45, 7) is 3.59. The molecule has 1 aromatic heterocycles. The third kappa shape index (κ3) is 3.48. The van der Waals surface area contributed by atoms with Crippen LogP contribution >= 0.6 is 23.8 Å². The molecule has 29 heavy (non-hydrogen) atoms. The number of benzene rings is 1. The molecular weight excluding hydrogens is 415 g/mol. The van der Waals surface area contributed by atoms with E-state index < -0.39 is 17.8 Å². The van der Waals surface area contributed by atoms with Gasteiger partial charge in [0.05, 0.1) is 23.7 Å². The van der Waals surface area contributed by atoms with E-state index in [-0.39, 0.29) is 5.02 Å². The lowest BCUT2D eigenvalue weighted by molar-refractivity contribution is -0.136. The van der Waals surface area contributed by atoms with Gasteiger partial charge in [0.2, 0.25) is 0 Å². The number of carbonyl (C=O) groups is 1. The Morgan fingerprint density at radius 3 is 2.62 bits per heavy atom. The summed E-state index contributed by atoms with van der Waals surface area (Å²) in [5, 5.41) is 12.8. The molecule has 1 aliphatic heterocycles. The van der Waals surface area contributed by atoms with Crippen LogP contribution in [0.15, 0.2) is 35.5 Å². The first-order valence-corrected chi connectivity index (χ1v) is 9.41. The zero-order valence-corrected chi connectivity index (χ0v) is 17.8. The van der Waals surface area contributed by atoms with Gasteiger partial charge in [0.1, 0.15) is 17.6 Å². The highest BCUT2D eigenvalue weighted by molar-refractivity contribution is 7.80. The Bertz CT molecular complexity index is 1100. The number of nitrogens with zero attached hydrogens (tertiary/aromatic N) is 3. The van der Waals surface area contributed by atoms with Crippen LogP contribution in [0, 0.1) is 24.1 Å². The van der Waals surface area contributed by atoms with Crippen molar-refractivity contribution in [2.45, 2.75) is 19.9 Å². The Labute approximate surface area is 178 Å². The van der Waals surface area contributed by atoms with Gasteiger partial charge in [-0.05, 0) is 50.3 Å². The first-order valence-electron chi connectivity index (χ1n) is 8.62. The third-order valence-corrected chi connectivity index (χ3v) is 5.64. The van der Waals surface area contributed by atoms with Gasteiger partial charge < -0.3 is 14.6 Å². The molecule has 0 saturated carbocycles. The molecule has 0 radical (unpaired) electrons. The number of aromatic nitrogens is 1. The summed E-state index contributed by atoms with van der Waals surface area (Å²) in [4.78, 5) is 14.3. The number of anilines is 1. The van der Waals surface area contributed by atoms with Crippen LogP contribution in [0.1, 0.15) is 29.9 Å². The lowest BCUT2D eigenvalue weighted by atomic mass is 9.94. The van der Waals surface area contributed by atoms with Crippen LogP contribution in [0.5, 0.6) is 0 Å². The zero-order valence-electron chi connectivity index (χ0n) is 16.2. The van der Waals surface area contributed by atoms with Gasteiger partial charge in [0.15, 0.2) is 5.11 Å². The third-order valence-electron chi connectivity index (χ3n) is 5.05. The van der Waals surface area contributed by atoms with Crippen LogP contribution in [0.3, 0.4) is 0 Å². The van der Waals surface area contributed by atoms with Crippen LogP contribution in [0.4, 0.5) is 10.1 Å². The highest BCUT2D eigenvalue weighted by Crippen LogP contribution is 2.37. The van der Waals surface area contributed by atoms with E-state index in [0.717, 1.165) is 11.3 Å². The van der Waals surface area contributed by atoms with Gasteiger partial charge in [-0.2, -0.15) is 5.26 Å². The molecular formula is C20H18ClFN4O2S. The van der Waals surface area contributed by atoms with E-state index in [4.69, 9.17) is 28.6 Å². The predicted octanol–water partition coefficient (Wildman–Crippen LogP) is 3.88. The second-order valence-corrected chi connectivity index (χ2v) is 7.34. The van der Waals surface area contributed by atoms with Gasteiger partial charge in [-0.25, -0.2) is 9.18 Å². The van der Waals surface area contributed by atoms with E-state index in [1.807, 2.05) is 6.92 Å². The Kier molecular flexibility index (Phi) is 5.64. The zero-order chi connectivity index (χ0) is 21.5. The molecule has 1 aromatic carbocycles. The molecule has 1 atom stereocenters. The van der Waals surface area contributed by atoms with E-state index in [9.17, 15) is 14.4 Å². The molecule has 1 aliphatic rings. The Morgan fingerprint density at radius 1 is 1.38 bits per heavy atom. The smallest absolute Gasteiger partial charge is 0.337 e. The number of hydrogen-bond donors (Lipinski definition) is 1. The number of thiocarbonyl (C=S) groups is 1. The minimum atomic E-state index is -0.601. The van der Waals surface area contributed by atoms with Crippen LogP contribution in [0.25, 0.3) is 0 Å². The number of nitrogens with one attached hydrogen (secondary N) is 1. The summed E-state index contributed by atoms with van der Waals surface area (Å²) in [7, 11) is 3.07. The molecule has 0 saturated heterocycles. The molecule has 6 nitrogen and oxygen atoms in total.